The standard InChI is InChI=1S/C22H26O12/c23-8-13-16(26)17(27)18(28)21(33-13)34-20-15-11(7-14(25)22(15,30)5-6-31-20)9-32-19(29)10-1-3-12(24)4-2-10/h1-7,13-18,20-21,23-28,30H,8-9H2/t13-,14-,15+,16-,17+,18-,20+,21+,22-/m1/s1. The van der Waals surface area contributed by atoms with E-state index in [1.165, 1.54) is 36.4 Å². The molecule has 0 saturated carbocycles. The van der Waals surface area contributed by atoms with Crippen LogP contribution in [0.15, 0.2) is 48.3 Å². The van der Waals surface area contributed by atoms with Gasteiger partial charge in [-0.15, -0.1) is 0 Å². The van der Waals surface area contributed by atoms with E-state index >= 15 is 0 Å². The maximum absolute atomic E-state index is 12.4. The van der Waals surface area contributed by atoms with Gasteiger partial charge in [0.05, 0.1) is 24.4 Å². The quantitative estimate of drug-likeness (QED) is 0.172. The van der Waals surface area contributed by atoms with Crippen molar-refractivity contribution in [3.05, 3.63) is 53.8 Å². The third-order valence-corrected chi connectivity index (χ3v) is 6.15. The predicted octanol–water partition coefficient (Wildman–Crippen LogP) is -2.12. The number of hydrogen-bond donors (Lipinski definition) is 7. The van der Waals surface area contributed by atoms with E-state index in [9.17, 15) is 40.5 Å². The summed E-state index contributed by atoms with van der Waals surface area (Å²) >= 11 is 0. The molecule has 7 N–H and O–H groups in total. The minimum atomic E-state index is -1.89. The summed E-state index contributed by atoms with van der Waals surface area (Å²) in [7, 11) is 0. The normalized spacial score (nSPS) is 39.2. The number of esters is 1. The molecule has 1 aromatic rings. The van der Waals surface area contributed by atoms with E-state index in [1.54, 1.807) is 0 Å². The lowest BCUT2D eigenvalue weighted by atomic mass is 9.83. The van der Waals surface area contributed by atoms with Crippen LogP contribution < -0.4 is 0 Å². The third kappa shape index (κ3) is 4.42. The van der Waals surface area contributed by atoms with Crippen LogP contribution in [0.1, 0.15) is 10.4 Å². The molecule has 1 saturated heterocycles. The van der Waals surface area contributed by atoms with E-state index in [0.717, 1.165) is 6.26 Å². The first-order chi connectivity index (χ1) is 16.2. The van der Waals surface area contributed by atoms with Gasteiger partial charge >= 0.3 is 5.97 Å². The Kier molecular flexibility index (Phi) is 6.94. The molecule has 0 bridgehead atoms. The lowest BCUT2D eigenvalue weighted by Crippen LogP contribution is -2.61. The second-order valence-electron chi connectivity index (χ2n) is 8.31. The van der Waals surface area contributed by atoms with E-state index in [-0.39, 0.29) is 23.5 Å². The Morgan fingerprint density at radius 2 is 1.74 bits per heavy atom. The predicted molar refractivity (Wildman–Crippen MR) is 110 cm³/mol. The van der Waals surface area contributed by atoms with Gasteiger partial charge in [0.1, 0.15) is 48.5 Å². The number of aliphatic hydroxyl groups excluding tert-OH is 5. The smallest absolute Gasteiger partial charge is 0.338 e. The Morgan fingerprint density at radius 1 is 1.03 bits per heavy atom. The molecule has 3 aliphatic rings. The molecular formula is C22H26O12. The molecule has 186 valence electrons. The van der Waals surface area contributed by atoms with Gasteiger partial charge in [0.25, 0.3) is 0 Å². The number of phenols is 1. The van der Waals surface area contributed by atoms with Crippen molar-refractivity contribution < 1.29 is 59.5 Å². The molecular weight excluding hydrogens is 456 g/mol. The zero-order valence-corrected chi connectivity index (χ0v) is 17.7. The summed E-state index contributed by atoms with van der Waals surface area (Å²) in [5.41, 5.74) is -1.47. The van der Waals surface area contributed by atoms with Crippen molar-refractivity contribution in [3.63, 3.8) is 0 Å². The fraction of sp³-hybridized carbons (Fsp3) is 0.500. The molecule has 0 radical (unpaired) electrons. The molecule has 9 atom stereocenters. The van der Waals surface area contributed by atoms with E-state index in [1.807, 2.05) is 0 Å². The fourth-order valence-corrected chi connectivity index (χ4v) is 4.21. The number of benzene rings is 1. The number of aromatic hydroxyl groups is 1. The average molecular weight is 482 g/mol. The van der Waals surface area contributed by atoms with Gasteiger partial charge in [0, 0.05) is 0 Å². The van der Waals surface area contributed by atoms with Crippen LogP contribution in [0.25, 0.3) is 0 Å². The monoisotopic (exact) mass is 482 g/mol. The average Bonchev–Trinajstić information content (AvgIpc) is 3.08. The van der Waals surface area contributed by atoms with Crippen LogP contribution in [-0.2, 0) is 18.9 Å². The maximum Gasteiger partial charge on any atom is 0.338 e. The lowest BCUT2D eigenvalue weighted by Gasteiger charge is -2.44. The Bertz CT molecular complexity index is 944. The van der Waals surface area contributed by atoms with Crippen LogP contribution in [0.5, 0.6) is 5.75 Å². The SMILES string of the molecule is O=C(OCC1=C[C@@H](O)[C@]2(O)C=CO[C@@H](O[C@@H]3O[C@H](CO)[C@@H](O)[C@H](O)[C@H]3O)[C@H]12)c1ccc(O)cc1. The Morgan fingerprint density at radius 3 is 2.41 bits per heavy atom. The largest absolute Gasteiger partial charge is 0.508 e. The van der Waals surface area contributed by atoms with Gasteiger partial charge in [-0.1, -0.05) is 0 Å². The number of fused-ring (bicyclic) bond motifs is 1. The van der Waals surface area contributed by atoms with Crippen LogP contribution in [0, 0.1) is 5.92 Å². The van der Waals surface area contributed by atoms with Crippen molar-refractivity contribution in [3.8, 4) is 5.75 Å². The molecule has 0 amide bonds. The molecule has 1 aliphatic carbocycles. The van der Waals surface area contributed by atoms with Crippen LogP contribution in [0.2, 0.25) is 0 Å². The molecule has 0 spiro atoms. The summed E-state index contributed by atoms with van der Waals surface area (Å²) in [6.45, 7) is -1.02. The minimum Gasteiger partial charge on any atom is -0.508 e. The summed E-state index contributed by atoms with van der Waals surface area (Å²) in [4.78, 5) is 12.4. The molecule has 0 unspecified atom stereocenters. The zero-order chi connectivity index (χ0) is 24.6. The third-order valence-electron chi connectivity index (χ3n) is 6.15. The second-order valence-corrected chi connectivity index (χ2v) is 8.31. The van der Waals surface area contributed by atoms with Crippen molar-refractivity contribution in [2.24, 2.45) is 5.92 Å². The summed E-state index contributed by atoms with van der Waals surface area (Å²) in [6.07, 6.45) is -6.96. The fourth-order valence-electron chi connectivity index (χ4n) is 4.21. The number of rotatable bonds is 6. The molecule has 12 heteroatoms. The lowest BCUT2D eigenvalue weighted by molar-refractivity contribution is -0.344. The topological polar surface area (TPSA) is 196 Å². The number of hydrogen-bond acceptors (Lipinski definition) is 12. The first kappa shape index (κ1) is 24.6. The van der Waals surface area contributed by atoms with Crippen molar-refractivity contribution in [1.29, 1.82) is 0 Å². The number of carbonyl (C=O) groups excluding carboxylic acids is 1. The Labute approximate surface area is 193 Å². The number of ether oxygens (including phenoxy) is 4. The van der Waals surface area contributed by atoms with Crippen LogP contribution in [0.3, 0.4) is 0 Å². The summed E-state index contributed by atoms with van der Waals surface area (Å²) in [6, 6.07) is 5.36. The van der Waals surface area contributed by atoms with Crippen LogP contribution >= 0.6 is 0 Å². The summed E-state index contributed by atoms with van der Waals surface area (Å²) < 4.78 is 21.7. The molecule has 12 nitrogen and oxygen atoms in total. The summed E-state index contributed by atoms with van der Waals surface area (Å²) in [5, 5.41) is 70.5. The number of aliphatic hydroxyl groups is 6. The summed E-state index contributed by atoms with van der Waals surface area (Å²) in [5.74, 6) is -1.85. The van der Waals surface area contributed by atoms with Crippen LogP contribution in [0.4, 0.5) is 0 Å². The first-order valence-corrected chi connectivity index (χ1v) is 10.5. The molecule has 0 aromatic heterocycles. The van der Waals surface area contributed by atoms with E-state index in [0.29, 0.717) is 0 Å². The molecule has 1 aromatic carbocycles. The molecule has 2 heterocycles. The van der Waals surface area contributed by atoms with Crippen molar-refractivity contribution in [1.82, 2.24) is 0 Å². The number of phenolic OH excluding ortho intramolecular Hbond substituents is 1. The van der Waals surface area contributed by atoms with Crippen molar-refractivity contribution >= 4 is 5.97 Å². The van der Waals surface area contributed by atoms with E-state index in [4.69, 9.17) is 18.9 Å². The molecule has 34 heavy (non-hydrogen) atoms. The van der Waals surface area contributed by atoms with Crippen LogP contribution in [-0.4, -0.2) is 104 Å². The van der Waals surface area contributed by atoms with E-state index < -0.39 is 67.2 Å². The van der Waals surface area contributed by atoms with Crippen molar-refractivity contribution in [2.75, 3.05) is 13.2 Å². The van der Waals surface area contributed by atoms with Gasteiger partial charge in [0.15, 0.2) is 6.29 Å². The Balaban J connectivity index is 1.50. The molecule has 2 aliphatic heterocycles. The highest BCUT2D eigenvalue weighted by atomic mass is 16.8. The second kappa shape index (κ2) is 9.60. The van der Waals surface area contributed by atoms with Gasteiger partial charge in [-0.05, 0) is 42.0 Å². The first-order valence-electron chi connectivity index (χ1n) is 10.5. The highest BCUT2D eigenvalue weighted by Crippen LogP contribution is 2.44. The van der Waals surface area contributed by atoms with Gasteiger partial charge < -0.3 is 54.7 Å². The number of carbonyl (C=O) groups is 1. The van der Waals surface area contributed by atoms with Gasteiger partial charge in [-0.3, -0.25) is 0 Å². The Hall–Kier alpha value is -2.55. The molecule has 4 rings (SSSR count). The van der Waals surface area contributed by atoms with Gasteiger partial charge in [-0.2, -0.15) is 0 Å². The highest BCUT2D eigenvalue weighted by Gasteiger charge is 2.56. The van der Waals surface area contributed by atoms with Gasteiger partial charge in [0.2, 0.25) is 6.29 Å². The highest BCUT2D eigenvalue weighted by molar-refractivity contribution is 5.89. The zero-order valence-electron chi connectivity index (χ0n) is 17.7. The molecule has 1 fully saturated rings. The van der Waals surface area contributed by atoms with Gasteiger partial charge in [-0.25, -0.2) is 4.79 Å². The van der Waals surface area contributed by atoms with Crippen molar-refractivity contribution in [2.45, 2.75) is 48.7 Å². The minimum absolute atomic E-state index is 0.0254. The van der Waals surface area contributed by atoms with E-state index in [2.05, 4.69) is 0 Å². The maximum atomic E-state index is 12.4.